The third kappa shape index (κ3) is 3.11. The van der Waals surface area contributed by atoms with Crippen LogP contribution in [-0.2, 0) is 12.8 Å². The van der Waals surface area contributed by atoms with Gasteiger partial charge in [0.25, 0.3) is 0 Å². The number of likely N-dealkylation sites (tertiary alicyclic amines) is 1. The number of hydrogen-bond donors (Lipinski definition) is 0. The highest BCUT2D eigenvalue weighted by molar-refractivity contribution is 5.91. The normalized spacial score (nSPS) is 18.5. The second-order valence-electron chi connectivity index (χ2n) is 8.82. The molecule has 164 valence electrons. The smallest absolute Gasteiger partial charge is 0.139 e. The van der Waals surface area contributed by atoms with E-state index in [2.05, 4.69) is 45.6 Å². The van der Waals surface area contributed by atoms with Crippen LogP contribution in [0.3, 0.4) is 0 Å². The van der Waals surface area contributed by atoms with Crippen LogP contribution in [0.15, 0.2) is 42.9 Å². The molecule has 3 aromatic heterocycles. The Bertz CT molecular complexity index is 1290. The molecule has 0 radical (unpaired) electrons. The number of ether oxygens (including phenoxy) is 1. The molecule has 4 aromatic rings. The monoisotopic (exact) mass is 428 g/mol. The minimum atomic E-state index is 0.419. The first-order chi connectivity index (χ1) is 15.7. The predicted molar refractivity (Wildman–Crippen MR) is 124 cm³/mol. The van der Waals surface area contributed by atoms with Crippen molar-refractivity contribution in [2.24, 2.45) is 0 Å². The van der Waals surface area contributed by atoms with Crippen molar-refractivity contribution in [3.05, 3.63) is 54.0 Å². The molecule has 1 unspecified atom stereocenters. The second kappa shape index (κ2) is 7.74. The fourth-order valence-corrected chi connectivity index (χ4v) is 5.24. The van der Waals surface area contributed by atoms with Crippen LogP contribution >= 0.6 is 0 Å². The summed E-state index contributed by atoms with van der Waals surface area (Å²) in [4.78, 5) is 7.22. The molecule has 1 atom stereocenters. The minimum Gasteiger partial charge on any atom is -0.495 e. The van der Waals surface area contributed by atoms with E-state index in [4.69, 9.17) is 19.9 Å². The van der Waals surface area contributed by atoms with Gasteiger partial charge in [-0.25, -0.2) is 9.67 Å². The molecule has 0 spiro atoms. The van der Waals surface area contributed by atoms with Gasteiger partial charge in [0.05, 0.1) is 36.7 Å². The molecule has 0 N–H and O–H groups in total. The number of fused-ring (bicyclic) bond motifs is 2. The highest BCUT2D eigenvalue weighted by atomic mass is 16.5. The highest BCUT2D eigenvalue weighted by Crippen LogP contribution is 2.34. The average molecular weight is 429 g/mol. The van der Waals surface area contributed by atoms with E-state index in [0.29, 0.717) is 6.04 Å². The lowest BCUT2D eigenvalue weighted by Crippen LogP contribution is -2.21. The van der Waals surface area contributed by atoms with Crippen LogP contribution in [0.1, 0.15) is 36.9 Å². The van der Waals surface area contributed by atoms with E-state index in [-0.39, 0.29) is 0 Å². The van der Waals surface area contributed by atoms with Crippen LogP contribution in [-0.4, -0.2) is 56.2 Å². The van der Waals surface area contributed by atoms with E-state index in [1.807, 2.05) is 12.3 Å². The molecule has 1 aromatic carbocycles. The van der Waals surface area contributed by atoms with Gasteiger partial charge >= 0.3 is 0 Å². The van der Waals surface area contributed by atoms with Crippen LogP contribution in [0.2, 0.25) is 0 Å². The average Bonchev–Trinajstić information content (AvgIpc) is 3.62. The summed E-state index contributed by atoms with van der Waals surface area (Å²) in [5.74, 6) is 0.735. The molecule has 0 bridgehead atoms. The van der Waals surface area contributed by atoms with Gasteiger partial charge in [0.2, 0.25) is 0 Å². The number of methoxy groups -OCH3 is 1. The summed E-state index contributed by atoms with van der Waals surface area (Å²) < 4.78 is 9.65. The first-order valence-electron chi connectivity index (χ1n) is 11.6. The molecule has 7 nitrogen and oxygen atoms in total. The lowest BCUT2D eigenvalue weighted by Gasteiger charge is -2.13. The van der Waals surface area contributed by atoms with Crippen LogP contribution in [0, 0.1) is 0 Å². The third-order valence-electron chi connectivity index (χ3n) is 7.02. The minimum absolute atomic E-state index is 0.419. The van der Waals surface area contributed by atoms with E-state index in [0.717, 1.165) is 72.6 Å². The second-order valence-corrected chi connectivity index (χ2v) is 8.82. The van der Waals surface area contributed by atoms with Gasteiger partial charge < -0.3 is 9.64 Å². The zero-order valence-electron chi connectivity index (χ0n) is 18.7. The number of pyridine rings is 1. The van der Waals surface area contributed by atoms with Gasteiger partial charge in [0.1, 0.15) is 17.0 Å². The summed E-state index contributed by atoms with van der Waals surface area (Å²) in [7, 11) is 1.68. The first-order valence-corrected chi connectivity index (χ1v) is 11.6. The molecular formula is C25H28N6O. The van der Waals surface area contributed by atoms with Crippen molar-refractivity contribution in [3.63, 3.8) is 0 Å². The Hall–Kier alpha value is -3.19. The fourth-order valence-electron chi connectivity index (χ4n) is 5.24. The van der Waals surface area contributed by atoms with Gasteiger partial charge in [-0.2, -0.15) is 10.2 Å². The van der Waals surface area contributed by atoms with Gasteiger partial charge in [-0.15, -0.1) is 0 Å². The standard InChI is InChI=1S/C25H28N6O/c1-3-29-11-10-19(16-29)30-15-18(13-27-30)24-25-23(12-20(32-2)14-26-25)31(28-24)22-9-5-7-17-6-4-8-21(17)22/h5,7,9,12-15,19H,3-4,6,8,10-11,16H2,1-2H3. The van der Waals surface area contributed by atoms with Gasteiger partial charge in [0, 0.05) is 30.9 Å². The molecule has 2 aliphatic rings. The van der Waals surface area contributed by atoms with Crippen LogP contribution < -0.4 is 4.74 Å². The molecule has 4 heterocycles. The van der Waals surface area contributed by atoms with Gasteiger partial charge in [-0.05, 0) is 49.4 Å². The predicted octanol–water partition coefficient (Wildman–Crippen LogP) is 4.05. The van der Waals surface area contributed by atoms with Crippen molar-refractivity contribution in [2.45, 2.75) is 38.6 Å². The van der Waals surface area contributed by atoms with Crippen molar-refractivity contribution in [2.75, 3.05) is 26.7 Å². The topological polar surface area (TPSA) is 61.0 Å². The Labute approximate surface area is 187 Å². The molecule has 0 saturated carbocycles. The maximum Gasteiger partial charge on any atom is 0.139 e. The van der Waals surface area contributed by atoms with E-state index < -0.39 is 0 Å². The number of benzene rings is 1. The fraction of sp³-hybridized carbons (Fsp3) is 0.400. The first kappa shape index (κ1) is 19.5. The number of aryl methyl sites for hydroxylation is 1. The maximum absolute atomic E-state index is 5.49. The van der Waals surface area contributed by atoms with E-state index in [1.165, 1.54) is 17.5 Å². The molecule has 32 heavy (non-hydrogen) atoms. The number of rotatable bonds is 5. The number of hydrogen-bond acceptors (Lipinski definition) is 5. The Morgan fingerprint density at radius 1 is 1.19 bits per heavy atom. The quantitative estimate of drug-likeness (QED) is 0.480. The van der Waals surface area contributed by atoms with Gasteiger partial charge in [0.15, 0.2) is 0 Å². The van der Waals surface area contributed by atoms with Crippen molar-refractivity contribution in [1.82, 2.24) is 29.4 Å². The number of nitrogens with zero attached hydrogens (tertiary/aromatic N) is 6. The highest BCUT2D eigenvalue weighted by Gasteiger charge is 2.25. The molecular weight excluding hydrogens is 400 g/mol. The molecule has 1 saturated heterocycles. The van der Waals surface area contributed by atoms with Crippen molar-refractivity contribution in [1.29, 1.82) is 0 Å². The van der Waals surface area contributed by atoms with E-state index in [9.17, 15) is 0 Å². The molecule has 0 amide bonds. The number of aromatic nitrogens is 5. The zero-order valence-corrected chi connectivity index (χ0v) is 18.7. The Balaban J connectivity index is 1.47. The third-order valence-corrected chi connectivity index (χ3v) is 7.02. The molecule has 7 heteroatoms. The lowest BCUT2D eigenvalue weighted by molar-refractivity contribution is 0.335. The van der Waals surface area contributed by atoms with Gasteiger partial charge in [-0.1, -0.05) is 19.1 Å². The Kier molecular flexibility index (Phi) is 4.72. The number of likely N-dealkylation sites (N-methyl/N-ethyl adjacent to an activating group) is 1. The van der Waals surface area contributed by atoms with Gasteiger partial charge in [-0.3, -0.25) is 4.68 Å². The van der Waals surface area contributed by atoms with Crippen LogP contribution in [0.5, 0.6) is 5.75 Å². The zero-order chi connectivity index (χ0) is 21.7. The summed E-state index contributed by atoms with van der Waals surface area (Å²) >= 11 is 0. The summed E-state index contributed by atoms with van der Waals surface area (Å²) in [5, 5.41) is 9.80. The van der Waals surface area contributed by atoms with E-state index >= 15 is 0 Å². The van der Waals surface area contributed by atoms with Crippen molar-refractivity contribution in [3.8, 4) is 22.7 Å². The summed E-state index contributed by atoms with van der Waals surface area (Å²) in [6, 6.07) is 9.00. The largest absolute Gasteiger partial charge is 0.495 e. The van der Waals surface area contributed by atoms with E-state index in [1.54, 1.807) is 13.3 Å². The summed E-state index contributed by atoms with van der Waals surface area (Å²) in [5.41, 5.74) is 7.69. The maximum atomic E-state index is 5.49. The SMILES string of the molecule is CCN1CCC(n2cc(-c3nn(-c4cccc5c4CCC5)c4cc(OC)cnc34)cn2)C1. The van der Waals surface area contributed by atoms with Crippen LogP contribution in [0.4, 0.5) is 0 Å². The molecule has 1 fully saturated rings. The Morgan fingerprint density at radius 3 is 2.97 bits per heavy atom. The Morgan fingerprint density at radius 2 is 2.12 bits per heavy atom. The molecule has 6 rings (SSSR count). The van der Waals surface area contributed by atoms with Crippen molar-refractivity contribution < 1.29 is 4.74 Å². The molecule has 1 aliphatic heterocycles. The van der Waals surface area contributed by atoms with Crippen LogP contribution in [0.25, 0.3) is 28.0 Å². The van der Waals surface area contributed by atoms with Crippen molar-refractivity contribution >= 4 is 11.0 Å². The summed E-state index contributed by atoms with van der Waals surface area (Å²) in [6.45, 7) is 5.50. The summed E-state index contributed by atoms with van der Waals surface area (Å²) in [6.07, 6.45) is 10.4. The molecule has 1 aliphatic carbocycles. The lowest BCUT2D eigenvalue weighted by atomic mass is 10.1.